The fraction of sp³-hybridized carbons (Fsp3) is 0.559. The highest BCUT2D eigenvalue weighted by atomic mass is 35.5. The molecule has 2 rings (SSSR count). The van der Waals surface area contributed by atoms with Crippen LogP contribution in [0.3, 0.4) is 0 Å². The molecule has 232 valence electrons. The van der Waals surface area contributed by atoms with Crippen LogP contribution in [0.25, 0.3) is 0 Å². The van der Waals surface area contributed by atoms with Gasteiger partial charge in [-0.05, 0) is 55.3 Å². The Labute approximate surface area is 262 Å². The number of halogens is 2. The van der Waals surface area contributed by atoms with E-state index in [1.807, 2.05) is 6.92 Å². The van der Waals surface area contributed by atoms with Gasteiger partial charge in [0, 0.05) is 11.4 Å². The van der Waals surface area contributed by atoms with Crippen LogP contribution in [0.2, 0.25) is 10.0 Å². The van der Waals surface area contributed by atoms with Crippen LogP contribution in [0.15, 0.2) is 41.5 Å². The molecule has 1 amide bonds. The van der Waals surface area contributed by atoms with Gasteiger partial charge in [0.25, 0.3) is 0 Å². The summed E-state index contributed by atoms with van der Waals surface area (Å²) in [5.41, 5.74) is 3.48. The first kappa shape index (κ1) is 35.6. The molecule has 0 heterocycles. The number of amides is 1. The van der Waals surface area contributed by atoms with Crippen LogP contribution in [-0.4, -0.2) is 24.7 Å². The lowest BCUT2D eigenvalue weighted by molar-refractivity contribution is -0.121. The fourth-order valence-electron chi connectivity index (χ4n) is 4.66. The van der Waals surface area contributed by atoms with Crippen molar-refractivity contribution < 1.29 is 19.1 Å². The lowest BCUT2D eigenvalue weighted by Crippen LogP contribution is -2.16. The first-order valence-corrected chi connectivity index (χ1v) is 16.5. The van der Waals surface area contributed by atoms with Crippen LogP contribution in [0, 0.1) is 0 Å². The largest absolute Gasteiger partial charge is 0.490 e. The first-order valence-electron chi connectivity index (χ1n) is 15.7. The van der Waals surface area contributed by atoms with Crippen LogP contribution in [0.1, 0.15) is 133 Å². The van der Waals surface area contributed by atoms with Crippen LogP contribution < -0.4 is 14.9 Å². The molecule has 0 aliphatic rings. The summed E-state index contributed by atoms with van der Waals surface area (Å²) in [6, 6.07) is 9.60. The molecule has 2 aromatic rings. The van der Waals surface area contributed by atoms with Crippen molar-refractivity contribution in [2.75, 3.05) is 6.61 Å². The zero-order valence-corrected chi connectivity index (χ0v) is 26.9. The number of hydrogen-bond acceptors (Lipinski definition) is 5. The van der Waals surface area contributed by atoms with E-state index in [0.717, 1.165) is 12.8 Å². The van der Waals surface area contributed by atoms with Crippen molar-refractivity contribution in [1.82, 2.24) is 5.43 Å². The van der Waals surface area contributed by atoms with Gasteiger partial charge < -0.3 is 9.47 Å². The minimum absolute atomic E-state index is 0.101. The number of carbonyl (C=O) groups is 2. The van der Waals surface area contributed by atoms with E-state index in [-0.39, 0.29) is 22.2 Å². The molecule has 0 fully saturated rings. The smallest absolute Gasteiger partial charge is 0.345 e. The van der Waals surface area contributed by atoms with Gasteiger partial charge in [-0.15, -0.1) is 0 Å². The Bertz CT molecular complexity index is 1110. The molecule has 0 spiro atoms. The zero-order chi connectivity index (χ0) is 30.4. The lowest BCUT2D eigenvalue weighted by Gasteiger charge is -2.12. The molecule has 0 atom stereocenters. The summed E-state index contributed by atoms with van der Waals surface area (Å²) in [5, 5.41) is 4.70. The van der Waals surface area contributed by atoms with Gasteiger partial charge in [0.15, 0.2) is 11.5 Å². The van der Waals surface area contributed by atoms with Gasteiger partial charge in [0.1, 0.15) is 0 Å². The van der Waals surface area contributed by atoms with E-state index in [2.05, 4.69) is 17.5 Å². The number of carbonyl (C=O) groups excluding carboxylic acids is 2. The highest BCUT2D eigenvalue weighted by Crippen LogP contribution is 2.30. The lowest BCUT2D eigenvalue weighted by atomic mass is 10.0. The van der Waals surface area contributed by atoms with Gasteiger partial charge in [-0.2, -0.15) is 5.10 Å². The number of rotatable bonds is 22. The topological polar surface area (TPSA) is 77.0 Å². The van der Waals surface area contributed by atoms with E-state index in [4.69, 9.17) is 32.7 Å². The van der Waals surface area contributed by atoms with E-state index in [1.54, 1.807) is 24.3 Å². The van der Waals surface area contributed by atoms with E-state index < -0.39 is 5.97 Å². The third-order valence-corrected chi connectivity index (χ3v) is 7.58. The summed E-state index contributed by atoms with van der Waals surface area (Å²) in [7, 11) is 0. The SMILES string of the molecule is CCCCCCCCCCCCCCCCCC(=O)N/N=C/c1ccc(OC(=O)c2ccc(Cl)cc2Cl)c(OCC)c1. The first-order chi connectivity index (χ1) is 20.4. The molecule has 0 bridgehead atoms. The predicted molar refractivity (Wildman–Crippen MR) is 174 cm³/mol. The summed E-state index contributed by atoms with van der Waals surface area (Å²) in [5.74, 6) is -0.0901. The minimum Gasteiger partial charge on any atom is -0.490 e. The zero-order valence-electron chi connectivity index (χ0n) is 25.4. The second-order valence-corrected chi connectivity index (χ2v) is 11.5. The Morgan fingerprint density at radius 1 is 0.762 bits per heavy atom. The Morgan fingerprint density at radius 2 is 1.36 bits per heavy atom. The molecule has 8 heteroatoms. The van der Waals surface area contributed by atoms with Crippen molar-refractivity contribution in [1.29, 1.82) is 0 Å². The fourth-order valence-corrected chi connectivity index (χ4v) is 5.14. The van der Waals surface area contributed by atoms with Crippen LogP contribution >= 0.6 is 23.2 Å². The van der Waals surface area contributed by atoms with E-state index in [1.165, 1.54) is 102 Å². The molecule has 42 heavy (non-hydrogen) atoms. The standard InChI is InChI=1S/C34H48Cl2N2O4/c1-3-5-6-7-8-9-10-11-12-13-14-15-16-17-18-19-33(39)38-37-26-27-20-23-31(32(24-27)41-4-2)42-34(40)29-22-21-28(35)25-30(29)36/h20-26H,3-19H2,1-2H3,(H,38,39)/b37-26+. The molecule has 2 aromatic carbocycles. The number of hydrogen-bond donors (Lipinski definition) is 1. The van der Waals surface area contributed by atoms with E-state index in [9.17, 15) is 9.59 Å². The second-order valence-electron chi connectivity index (χ2n) is 10.6. The number of esters is 1. The van der Waals surface area contributed by atoms with Crippen LogP contribution in [0.4, 0.5) is 0 Å². The Balaban J connectivity index is 1.61. The quantitative estimate of drug-likeness (QED) is 0.0468. The van der Waals surface area contributed by atoms with Crippen molar-refractivity contribution in [2.24, 2.45) is 5.10 Å². The molecule has 0 aliphatic carbocycles. The van der Waals surface area contributed by atoms with E-state index >= 15 is 0 Å². The third kappa shape index (κ3) is 15.1. The number of benzene rings is 2. The number of nitrogens with one attached hydrogen (secondary N) is 1. The van der Waals surface area contributed by atoms with E-state index in [0.29, 0.717) is 29.4 Å². The van der Waals surface area contributed by atoms with Crippen molar-refractivity contribution in [3.8, 4) is 11.5 Å². The van der Waals surface area contributed by atoms with Crippen LogP contribution in [0.5, 0.6) is 11.5 Å². The summed E-state index contributed by atoms with van der Waals surface area (Å²) in [6.07, 6.45) is 21.4. The Kier molecular flexibility index (Phi) is 18.7. The number of hydrazone groups is 1. The number of unbranched alkanes of at least 4 members (excludes halogenated alkanes) is 14. The molecule has 6 nitrogen and oxygen atoms in total. The van der Waals surface area contributed by atoms with Gasteiger partial charge in [0.2, 0.25) is 5.91 Å². The summed E-state index contributed by atoms with van der Waals surface area (Å²) in [6.45, 7) is 4.48. The van der Waals surface area contributed by atoms with Gasteiger partial charge in [-0.1, -0.05) is 120 Å². The number of nitrogens with zero attached hydrogens (tertiary/aromatic N) is 1. The van der Waals surface area contributed by atoms with Crippen molar-refractivity contribution in [3.05, 3.63) is 57.6 Å². The maximum atomic E-state index is 12.6. The predicted octanol–water partition coefficient (Wildman–Crippen LogP) is 10.3. The van der Waals surface area contributed by atoms with Crippen molar-refractivity contribution >= 4 is 41.3 Å². The van der Waals surface area contributed by atoms with Crippen molar-refractivity contribution in [2.45, 2.75) is 117 Å². The second kappa shape index (κ2) is 22.0. The minimum atomic E-state index is -0.620. The summed E-state index contributed by atoms with van der Waals surface area (Å²) < 4.78 is 11.2. The highest BCUT2D eigenvalue weighted by molar-refractivity contribution is 6.36. The average Bonchev–Trinajstić information content (AvgIpc) is 2.96. The highest BCUT2D eigenvalue weighted by Gasteiger charge is 2.16. The van der Waals surface area contributed by atoms with Gasteiger partial charge in [0.05, 0.1) is 23.4 Å². The molecule has 1 N–H and O–H groups in total. The number of ether oxygens (including phenoxy) is 2. The van der Waals surface area contributed by atoms with Gasteiger partial charge in [-0.25, -0.2) is 10.2 Å². The monoisotopic (exact) mass is 618 g/mol. The molecule has 0 saturated carbocycles. The normalized spacial score (nSPS) is 11.1. The third-order valence-electron chi connectivity index (χ3n) is 7.03. The molecule has 0 unspecified atom stereocenters. The average molecular weight is 620 g/mol. The van der Waals surface area contributed by atoms with Gasteiger partial charge in [-0.3, -0.25) is 4.79 Å². The molecule has 0 radical (unpaired) electrons. The maximum absolute atomic E-state index is 12.6. The van der Waals surface area contributed by atoms with Crippen molar-refractivity contribution in [3.63, 3.8) is 0 Å². The Hall–Kier alpha value is -2.57. The van der Waals surface area contributed by atoms with Gasteiger partial charge >= 0.3 is 5.97 Å². The molecule has 0 aliphatic heterocycles. The molecule has 0 aromatic heterocycles. The maximum Gasteiger partial charge on any atom is 0.345 e. The van der Waals surface area contributed by atoms with Crippen LogP contribution in [-0.2, 0) is 4.79 Å². The molecular weight excluding hydrogens is 571 g/mol. The Morgan fingerprint density at radius 3 is 1.93 bits per heavy atom. The molecular formula is C34H48Cl2N2O4. The summed E-state index contributed by atoms with van der Waals surface area (Å²) >= 11 is 12.0. The summed E-state index contributed by atoms with van der Waals surface area (Å²) in [4.78, 5) is 24.8. The molecule has 0 saturated heterocycles.